The van der Waals surface area contributed by atoms with Crippen molar-refractivity contribution in [2.75, 3.05) is 24.1 Å². The van der Waals surface area contributed by atoms with Gasteiger partial charge in [0.05, 0.1) is 24.5 Å². The molecule has 0 radical (unpaired) electrons. The molecule has 2 rings (SSSR count). The number of ether oxygens (including phenoxy) is 1. The molecule has 0 amide bonds. The third-order valence-electron chi connectivity index (χ3n) is 3.57. The topological polar surface area (TPSA) is 106 Å². The first-order valence-electron chi connectivity index (χ1n) is 8.36. The summed E-state index contributed by atoms with van der Waals surface area (Å²) in [5, 5.41) is 4.17. The molecule has 0 saturated heterocycles. The average molecular weight is 573 g/mol. The first-order chi connectivity index (χ1) is 13.1. The Morgan fingerprint density at radius 3 is 2.62 bits per heavy atom. The fourth-order valence-electron chi connectivity index (χ4n) is 2.39. The molecule has 2 aromatic rings. The normalized spacial score (nSPS) is 12.6. The highest BCUT2D eigenvalue weighted by molar-refractivity contribution is 14.0. The van der Waals surface area contributed by atoms with E-state index in [1.165, 1.54) is 0 Å². The number of hydrogen-bond acceptors (Lipinski definition) is 4. The average Bonchev–Trinajstić information content (AvgIpc) is 2.57. The smallest absolute Gasteiger partial charge is 0.229 e. The van der Waals surface area contributed by atoms with Crippen molar-refractivity contribution in [3.8, 4) is 5.75 Å². The lowest BCUT2D eigenvalue weighted by molar-refractivity contribution is 0.328. The van der Waals surface area contributed by atoms with Gasteiger partial charge in [0.25, 0.3) is 0 Å². The second-order valence-electron chi connectivity index (χ2n) is 6.05. The van der Waals surface area contributed by atoms with Crippen LogP contribution in [0.15, 0.2) is 47.5 Å². The zero-order valence-electron chi connectivity index (χ0n) is 15.9. The zero-order chi connectivity index (χ0) is 20.7. The van der Waals surface area contributed by atoms with Crippen molar-refractivity contribution in [2.24, 2.45) is 10.7 Å². The second kappa shape index (κ2) is 11.7. The van der Waals surface area contributed by atoms with E-state index in [4.69, 9.17) is 33.7 Å². The number of rotatable bonds is 8. The lowest BCUT2D eigenvalue weighted by Crippen LogP contribution is -2.34. The van der Waals surface area contributed by atoms with E-state index in [1.54, 1.807) is 36.4 Å². The van der Waals surface area contributed by atoms with Gasteiger partial charge in [0.1, 0.15) is 12.4 Å². The Morgan fingerprint density at radius 2 is 1.97 bits per heavy atom. The van der Waals surface area contributed by atoms with E-state index in [1.807, 2.05) is 13.0 Å². The van der Waals surface area contributed by atoms with E-state index in [9.17, 15) is 8.42 Å². The summed E-state index contributed by atoms with van der Waals surface area (Å²) >= 11 is 12.1. The van der Waals surface area contributed by atoms with Crippen LogP contribution in [0.2, 0.25) is 10.0 Å². The molecule has 4 N–H and O–H groups in total. The summed E-state index contributed by atoms with van der Waals surface area (Å²) in [4.78, 5) is 4.21. The highest BCUT2D eigenvalue weighted by atomic mass is 127. The van der Waals surface area contributed by atoms with E-state index in [0.29, 0.717) is 28.0 Å². The summed E-state index contributed by atoms with van der Waals surface area (Å²) in [7, 11) is -3.34. The first kappa shape index (κ1) is 25.6. The summed E-state index contributed by atoms with van der Waals surface area (Å²) < 4.78 is 30.5. The highest BCUT2D eigenvalue weighted by Gasteiger charge is 2.10. The largest absolute Gasteiger partial charge is 0.492 e. The monoisotopic (exact) mass is 572 g/mol. The molecular formula is C18H23Cl2IN4O3S. The number of nitrogens with two attached hydrogens (primary N) is 1. The van der Waals surface area contributed by atoms with Crippen LogP contribution >= 0.6 is 47.2 Å². The number of nitrogens with one attached hydrogen (secondary N) is 2. The van der Waals surface area contributed by atoms with E-state index >= 15 is 0 Å². The Labute approximate surface area is 198 Å². The molecule has 0 aliphatic rings. The second-order valence-corrected chi connectivity index (χ2v) is 8.64. The van der Waals surface area contributed by atoms with Crippen LogP contribution in [-0.2, 0) is 10.0 Å². The minimum absolute atomic E-state index is 0. The van der Waals surface area contributed by atoms with Gasteiger partial charge in [-0.15, -0.1) is 24.0 Å². The van der Waals surface area contributed by atoms with Crippen molar-refractivity contribution in [1.29, 1.82) is 0 Å². The predicted molar refractivity (Wildman–Crippen MR) is 130 cm³/mol. The summed E-state index contributed by atoms with van der Waals surface area (Å²) in [5.74, 6) is 0.784. The number of sulfonamides is 1. The van der Waals surface area contributed by atoms with Gasteiger partial charge in [-0.25, -0.2) is 13.4 Å². The molecule has 2 aromatic carbocycles. The van der Waals surface area contributed by atoms with E-state index in [-0.39, 0.29) is 42.6 Å². The number of benzene rings is 2. The van der Waals surface area contributed by atoms with Gasteiger partial charge in [-0.2, -0.15) is 0 Å². The zero-order valence-corrected chi connectivity index (χ0v) is 20.5. The van der Waals surface area contributed by atoms with Crippen LogP contribution < -0.4 is 20.5 Å². The van der Waals surface area contributed by atoms with E-state index in [2.05, 4.69) is 15.0 Å². The molecule has 0 aliphatic heterocycles. The third kappa shape index (κ3) is 9.28. The molecule has 7 nitrogen and oxygen atoms in total. The predicted octanol–water partition coefficient (Wildman–Crippen LogP) is 4.03. The lowest BCUT2D eigenvalue weighted by atomic mass is 10.1. The summed E-state index contributed by atoms with van der Waals surface area (Å²) in [5.41, 5.74) is 7.19. The number of nitrogens with zero attached hydrogens (tertiary/aromatic N) is 1. The minimum Gasteiger partial charge on any atom is -0.492 e. The Balaban J connectivity index is 0.00000420. The molecule has 11 heteroatoms. The lowest BCUT2D eigenvalue weighted by Gasteiger charge is -2.16. The van der Waals surface area contributed by atoms with Gasteiger partial charge in [0.15, 0.2) is 5.96 Å². The third-order valence-corrected chi connectivity index (χ3v) is 4.74. The van der Waals surface area contributed by atoms with Crippen LogP contribution in [0.4, 0.5) is 5.69 Å². The molecule has 160 valence electrons. The first-order valence-corrected chi connectivity index (χ1v) is 11.0. The van der Waals surface area contributed by atoms with Crippen molar-refractivity contribution >= 4 is 68.8 Å². The maximum absolute atomic E-state index is 11.3. The highest BCUT2D eigenvalue weighted by Crippen LogP contribution is 2.25. The number of anilines is 1. The SMILES string of the molecule is CC(NC(N)=NCCOc1cccc(NS(C)(=O)=O)c1)c1ccc(Cl)cc1Cl.I. The van der Waals surface area contributed by atoms with Crippen LogP contribution in [0.3, 0.4) is 0 Å². The van der Waals surface area contributed by atoms with Crippen LogP contribution in [0.5, 0.6) is 5.75 Å². The summed E-state index contributed by atoms with van der Waals surface area (Å²) in [6.07, 6.45) is 1.09. The van der Waals surface area contributed by atoms with Gasteiger partial charge in [-0.3, -0.25) is 4.72 Å². The van der Waals surface area contributed by atoms with Crippen molar-refractivity contribution in [1.82, 2.24) is 5.32 Å². The number of halogens is 3. The fourth-order valence-corrected chi connectivity index (χ4v) is 3.52. The fraction of sp³-hybridized carbons (Fsp3) is 0.278. The summed E-state index contributed by atoms with van der Waals surface area (Å²) in [6, 6.07) is 11.8. The van der Waals surface area contributed by atoms with Crippen molar-refractivity contribution < 1.29 is 13.2 Å². The van der Waals surface area contributed by atoms with Crippen LogP contribution in [0.25, 0.3) is 0 Å². The van der Waals surface area contributed by atoms with E-state index in [0.717, 1.165) is 11.8 Å². The number of hydrogen-bond donors (Lipinski definition) is 3. The van der Waals surface area contributed by atoms with Crippen molar-refractivity contribution in [2.45, 2.75) is 13.0 Å². The summed E-state index contributed by atoms with van der Waals surface area (Å²) in [6.45, 7) is 2.51. The molecule has 0 aliphatic carbocycles. The van der Waals surface area contributed by atoms with Crippen LogP contribution in [-0.4, -0.2) is 33.8 Å². The molecule has 0 fully saturated rings. The van der Waals surface area contributed by atoms with Gasteiger partial charge >= 0.3 is 0 Å². The maximum atomic E-state index is 11.3. The maximum Gasteiger partial charge on any atom is 0.229 e. The van der Waals surface area contributed by atoms with Gasteiger partial charge in [-0.1, -0.05) is 35.3 Å². The Hall–Kier alpha value is -1.43. The van der Waals surface area contributed by atoms with Gasteiger partial charge < -0.3 is 15.8 Å². The quantitative estimate of drug-likeness (QED) is 0.192. The van der Waals surface area contributed by atoms with Crippen LogP contribution in [0.1, 0.15) is 18.5 Å². The molecule has 0 aromatic heterocycles. The van der Waals surface area contributed by atoms with Crippen LogP contribution in [0, 0.1) is 0 Å². The van der Waals surface area contributed by atoms with Gasteiger partial charge in [0, 0.05) is 16.1 Å². The Bertz CT molecular complexity index is 958. The van der Waals surface area contributed by atoms with Crippen molar-refractivity contribution in [3.05, 3.63) is 58.1 Å². The molecule has 0 spiro atoms. The molecule has 0 saturated carbocycles. The standard InChI is InChI=1S/C18H22Cl2N4O3S.HI/c1-12(16-7-6-13(19)10-17(16)20)23-18(21)22-8-9-27-15-5-3-4-14(11-15)24-28(2,25)26;/h3-7,10-12,24H,8-9H2,1-2H3,(H3,21,22,23);1H. The van der Waals surface area contributed by atoms with Crippen molar-refractivity contribution in [3.63, 3.8) is 0 Å². The Kier molecular flexibility index (Phi) is 10.3. The number of guanidine groups is 1. The number of aliphatic imine (C=N–C) groups is 1. The molecule has 29 heavy (non-hydrogen) atoms. The minimum atomic E-state index is -3.34. The van der Waals surface area contributed by atoms with Gasteiger partial charge in [-0.05, 0) is 36.8 Å². The van der Waals surface area contributed by atoms with E-state index < -0.39 is 10.0 Å². The molecule has 1 atom stereocenters. The molecular weight excluding hydrogens is 550 g/mol. The molecule has 0 heterocycles. The van der Waals surface area contributed by atoms with Gasteiger partial charge in [0.2, 0.25) is 10.0 Å². The Morgan fingerprint density at radius 1 is 1.24 bits per heavy atom. The molecule has 1 unspecified atom stereocenters. The molecule has 0 bridgehead atoms.